The van der Waals surface area contributed by atoms with E-state index in [0.29, 0.717) is 5.71 Å². The van der Waals surface area contributed by atoms with Crippen LogP contribution in [0.15, 0.2) is 29.4 Å². The fraction of sp³-hybridized carbons (Fsp3) is 0.571. The zero-order valence-electron chi connectivity index (χ0n) is 15.6. The van der Waals surface area contributed by atoms with Crippen LogP contribution in [0.4, 0.5) is 4.39 Å². The number of hydrazone groups is 1. The fourth-order valence-corrected chi connectivity index (χ4v) is 5.73. The van der Waals surface area contributed by atoms with Gasteiger partial charge in [-0.25, -0.2) is 9.82 Å². The van der Waals surface area contributed by atoms with Crippen LogP contribution in [-0.4, -0.2) is 23.1 Å². The van der Waals surface area contributed by atoms with E-state index in [0.717, 1.165) is 37.0 Å². The molecule has 0 radical (unpaired) electrons. The van der Waals surface area contributed by atoms with Crippen molar-refractivity contribution < 1.29 is 14.0 Å². The Kier molecular flexibility index (Phi) is 4.74. The predicted octanol–water partition coefficient (Wildman–Crippen LogP) is 3.41. The van der Waals surface area contributed by atoms with Crippen LogP contribution in [0.5, 0.6) is 0 Å². The van der Waals surface area contributed by atoms with E-state index in [1.165, 1.54) is 37.5 Å². The largest absolute Gasteiger partial charge is 0.350 e. The Labute approximate surface area is 158 Å². The zero-order valence-corrected chi connectivity index (χ0v) is 15.6. The minimum atomic E-state index is -0.617. The summed E-state index contributed by atoms with van der Waals surface area (Å²) in [5.41, 5.74) is 2.75. The number of rotatable bonds is 5. The minimum absolute atomic E-state index is 0.0253. The quantitative estimate of drug-likeness (QED) is 0.615. The molecule has 5 nitrogen and oxygen atoms in total. The zero-order chi connectivity index (χ0) is 19.0. The number of amides is 2. The molecule has 6 heteroatoms. The van der Waals surface area contributed by atoms with Gasteiger partial charge in [0.25, 0.3) is 5.91 Å². The van der Waals surface area contributed by atoms with Crippen molar-refractivity contribution in [3.8, 4) is 0 Å². The molecule has 4 aliphatic rings. The lowest BCUT2D eigenvalue weighted by molar-refractivity contribution is -0.125. The van der Waals surface area contributed by atoms with Gasteiger partial charge in [-0.15, -0.1) is 0 Å². The van der Waals surface area contributed by atoms with Crippen LogP contribution < -0.4 is 10.7 Å². The lowest BCUT2D eigenvalue weighted by Crippen LogP contribution is -2.60. The Morgan fingerprint density at radius 1 is 1.11 bits per heavy atom. The van der Waals surface area contributed by atoms with Crippen molar-refractivity contribution >= 4 is 17.5 Å². The van der Waals surface area contributed by atoms with Crippen LogP contribution in [0, 0.1) is 23.6 Å². The number of nitrogens with one attached hydrogen (secondary N) is 2. The van der Waals surface area contributed by atoms with Gasteiger partial charge in [-0.1, -0.05) is 12.1 Å². The summed E-state index contributed by atoms with van der Waals surface area (Å²) in [4.78, 5) is 24.5. The Morgan fingerprint density at radius 2 is 1.70 bits per heavy atom. The van der Waals surface area contributed by atoms with E-state index in [4.69, 9.17) is 0 Å². The molecule has 4 saturated carbocycles. The summed E-state index contributed by atoms with van der Waals surface area (Å²) in [6.07, 6.45) is 7.44. The van der Waals surface area contributed by atoms with Crippen molar-refractivity contribution in [1.82, 2.24) is 10.7 Å². The van der Waals surface area contributed by atoms with Crippen molar-refractivity contribution in [1.29, 1.82) is 0 Å². The number of halogens is 1. The van der Waals surface area contributed by atoms with E-state index in [9.17, 15) is 14.0 Å². The van der Waals surface area contributed by atoms with Crippen molar-refractivity contribution in [2.45, 2.75) is 57.4 Å². The highest BCUT2D eigenvalue weighted by molar-refractivity contribution is 6.01. The van der Waals surface area contributed by atoms with Gasteiger partial charge in [0.2, 0.25) is 5.91 Å². The summed E-state index contributed by atoms with van der Waals surface area (Å²) in [6.45, 7) is 1.70. The number of carbonyl (C=O) groups is 2. The first-order valence-electron chi connectivity index (χ1n) is 9.81. The first-order chi connectivity index (χ1) is 12.9. The molecule has 4 fully saturated rings. The van der Waals surface area contributed by atoms with Crippen molar-refractivity contribution in [3.05, 3.63) is 35.6 Å². The third kappa shape index (κ3) is 3.89. The monoisotopic (exact) mass is 371 g/mol. The molecule has 4 aliphatic carbocycles. The fourth-order valence-electron chi connectivity index (χ4n) is 5.73. The molecule has 1 aromatic rings. The first-order valence-corrected chi connectivity index (χ1v) is 9.81. The van der Waals surface area contributed by atoms with Gasteiger partial charge in [0.15, 0.2) is 0 Å². The van der Waals surface area contributed by atoms with E-state index >= 15 is 0 Å². The Balaban J connectivity index is 1.32. The molecule has 0 atom stereocenters. The van der Waals surface area contributed by atoms with Crippen molar-refractivity contribution in [3.63, 3.8) is 0 Å². The second-order valence-corrected chi connectivity index (χ2v) is 8.69. The lowest BCUT2D eigenvalue weighted by atomic mass is 9.53. The Hall–Kier alpha value is -2.24. The van der Waals surface area contributed by atoms with E-state index in [2.05, 4.69) is 15.8 Å². The summed E-state index contributed by atoms with van der Waals surface area (Å²) < 4.78 is 13.6. The standard InChI is InChI=1S/C21H26FN3O2/c1-13(24-25-20(27)17-4-2-3-5-18(17)22)6-19(26)23-21-10-14-7-15(11-21)9-16(8-14)12-21/h2-5,14-16H,6-12H2,1H3,(H,23,26)(H,25,27)/b24-13-. The van der Waals surface area contributed by atoms with Crippen LogP contribution in [0.2, 0.25) is 0 Å². The van der Waals surface area contributed by atoms with Gasteiger partial charge in [-0.2, -0.15) is 5.10 Å². The van der Waals surface area contributed by atoms with Gasteiger partial charge in [-0.3, -0.25) is 9.59 Å². The van der Waals surface area contributed by atoms with Gasteiger partial charge < -0.3 is 5.32 Å². The third-order valence-electron chi connectivity index (χ3n) is 6.33. The Bertz CT molecular complexity index is 754. The maximum Gasteiger partial charge on any atom is 0.274 e. The molecule has 2 N–H and O–H groups in total. The second kappa shape index (κ2) is 7.06. The van der Waals surface area contributed by atoms with Gasteiger partial charge in [-0.05, 0) is 75.3 Å². The highest BCUT2D eigenvalue weighted by Gasteiger charge is 2.51. The molecule has 0 heterocycles. The molecule has 2 amide bonds. The molecule has 27 heavy (non-hydrogen) atoms. The highest BCUT2D eigenvalue weighted by Crippen LogP contribution is 2.55. The van der Waals surface area contributed by atoms with E-state index in [1.807, 2.05) is 0 Å². The van der Waals surface area contributed by atoms with E-state index < -0.39 is 11.7 Å². The van der Waals surface area contributed by atoms with E-state index in [-0.39, 0.29) is 23.4 Å². The molecule has 5 rings (SSSR count). The second-order valence-electron chi connectivity index (χ2n) is 8.69. The summed E-state index contributed by atoms with van der Waals surface area (Å²) in [5.74, 6) is 1.05. The molecular weight excluding hydrogens is 345 g/mol. The number of hydrogen-bond donors (Lipinski definition) is 2. The summed E-state index contributed by atoms with van der Waals surface area (Å²) in [6, 6.07) is 5.74. The average Bonchev–Trinajstić information content (AvgIpc) is 2.58. The SMILES string of the molecule is C/C(CC(=O)NC12CC3CC(CC(C3)C1)C2)=N/NC(=O)c1ccccc1F. The molecule has 1 aromatic carbocycles. The molecule has 0 unspecified atom stereocenters. The number of hydrogen-bond acceptors (Lipinski definition) is 3. The first kappa shape index (κ1) is 18.1. The van der Waals surface area contributed by atoms with Crippen LogP contribution in [-0.2, 0) is 4.79 Å². The maximum absolute atomic E-state index is 13.6. The minimum Gasteiger partial charge on any atom is -0.350 e. The molecular formula is C21H26FN3O2. The molecule has 0 aliphatic heterocycles. The third-order valence-corrected chi connectivity index (χ3v) is 6.33. The van der Waals surface area contributed by atoms with E-state index in [1.54, 1.807) is 13.0 Å². The Morgan fingerprint density at radius 3 is 2.30 bits per heavy atom. The van der Waals surface area contributed by atoms with Gasteiger partial charge >= 0.3 is 0 Å². The van der Waals surface area contributed by atoms with Gasteiger partial charge in [0.1, 0.15) is 5.82 Å². The molecule has 144 valence electrons. The van der Waals surface area contributed by atoms with Crippen LogP contribution in [0.25, 0.3) is 0 Å². The smallest absolute Gasteiger partial charge is 0.274 e. The molecule has 0 aromatic heterocycles. The average molecular weight is 371 g/mol. The van der Waals surface area contributed by atoms with Crippen LogP contribution in [0.1, 0.15) is 62.2 Å². The molecule has 0 spiro atoms. The highest BCUT2D eigenvalue weighted by atomic mass is 19.1. The number of nitrogens with zero attached hydrogens (tertiary/aromatic N) is 1. The summed E-state index contributed by atoms with van der Waals surface area (Å²) >= 11 is 0. The number of carbonyl (C=O) groups excluding carboxylic acids is 2. The van der Waals surface area contributed by atoms with Gasteiger partial charge in [0.05, 0.1) is 12.0 Å². The van der Waals surface area contributed by atoms with Crippen molar-refractivity contribution in [2.24, 2.45) is 22.9 Å². The lowest BCUT2D eigenvalue weighted by Gasteiger charge is -2.56. The molecule has 4 bridgehead atoms. The summed E-state index contributed by atoms with van der Waals surface area (Å²) in [5, 5.41) is 7.26. The topological polar surface area (TPSA) is 70.6 Å². The normalized spacial score (nSPS) is 31.6. The van der Waals surface area contributed by atoms with Crippen LogP contribution >= 0.6 is 0 Å². The van der Waals surface area contributed by atoms with Gasteiger partial charge in [0, 0.05) is 11.3 Å². The van der Waals surface area contributed by atoms with Crippen molar-refractivity contribution in [2.75, 3.05) is 0 Å². The predicted molar refractivity (Wildman–Crippen MR) is 101 cm³/mol. The maximum atomic E-state index is 13.6. The molecule has 0 saturated heterocycles. The number of benzene rings is 1. The summed E-state index contributed by atoms with van der Waals surface area (Å²) in [7, 11) is 0. The van der Waals surface area contributed by atoms with Crippen LogP contribution in [0.3, 0.4) is 0 Å².